The van der Waals surface area contributed by atoms with Gasteiger partial charge in [-0.15, -0.1) is 0 Å². The second-order valence-electron chi connectivity index (χ2n) is 5.14. The number of hydrogen-bond donors (Lipinski definition) is 0. The van der Waals surface area contributed by atoms with Gasteiger partial charge < -0.3 is 9.47 Å². The fraction of sp³-hybridized carbons (Fsp3) is 0.769. The largest absolute Gasteiger partial charge is 0.486 e. The first kappa shape index (κ1) is 12.5. The highest BCUT2D eigenvalue weighted by Gasteiger charge is 2.24. The molecule has 1 aromatic heterocycles. The molecule has 100 valence electrons. The Morgan fingerprint density at radius 1 is 1.28 bits per heavy atom. The Hall–Kier alpha value is -0.550. The molecule has 2 heterocycles. The molecule has 0 aromatic carbocycles. The fourth-order valence-corrected chi connectivity index (χ4v) is 3.32. The summed E-state index contributed by atoms with van der Waals surface area (Å²) in [6.45, 7) is 1.58. The Morgan fingerprint density at radius 2 is 2.11 bits per heavy atom. The summed E-state index contributed by atoms with van der Waals surface area (Å²) in [5.41, 5.74) is 0. The molecule has 0 spiro atoms. The Bertz CT molecular complexity index is 396. The van der Waals surface area contributed by atoms with Gasteiger partial charge in [-0.1, -0.05) is 6.42 Å². The van der Waals surface area contributed by atoms with Crippen molar-refractivity contribution < 1.29 is 9.47 Å². The molecule has 0 N–H and O–H groups in total. The highest BCUT2D eigenvalue weighted by molar-refractivity contribution is 9.10. The molecular formula is C13H19BrN2O2. The molecule has 0 amide bonds. The molecule has 2 fully saturated rings. The molecule has 4 nitrogen and oxygen atoms in total. The fourth-order valence-electron chi connectivity index (χ4n) is 2.74. The molecule has 1 aromatic rings. The number of hydrogen-bond acceptors (Lipinski definition) is 3. The minimum absolute atomic E-state index is 0.350. The monoisotopic (exact) mass is 314 g/mol. The second kappa shape index (κ2) is 5.61. The van der Waals surface area contributed by atoms with Crippen molar-refractivity contribution in [2.75, 3.05) is 13.2 Å². The van der Waals surface area contributed by atoms with E-state index < -0.39 is 0 Å². The van der Waals surface area contributed by atoms with Crippen molar-refractivity contribution in [3.05, 3.63) is 10.8 Å². The molecule has 1 saturated carbocycles. The number of ether oxygens (including phenoxy) is 2. The predicted octanol–water partition coefficient (Wildman–Crippen LogP) is 3.32. The minimum atomic E-state index is 0.350. The van der Waals surface area contributed by atoms with Crippen molar-refractivity contribution in [1.82, 2.24) is 9.78 Å². The molecule has 18 heavy (non-hydrogen) atoms. The van der Waals surface area contributed by atoms with Gasteiger partial charge in [0, 0.05) is 6.61 Å². The van der Waals surface area contributed by atoms with Gasteiger partial charge in [0.25, 0.3) is 0 Å². The Balaban J connectivity index is 1.68. The van der Waals surface area contributed by atoms with Gasteiger partial charge in [-0.3, -0.25) is 0 Å². The van der Waals surface area contributed by atoms with Crippen LogP contribution < -0.4 is 4.74 Å². The van der Waals surface area contributed by atoms with E-state index in [-0.39, 0.29) is 0 Å². The molecular weight excluding hydrogens is 296 g/mol. The summed E-state index contributed by atoms with van der Waals surface area (Å²) in [5, 5.41) is 4.43. The lowest BCUT2D eigenvalue weighted by atomic mass is 9.98. The number of rotatable bonds is 3. The highest BCUT2D eigenvalue weighted by atomic mass is 79.9. The standard InChI is InChI=1S/C13H19BrN2O2/c14-13-12(18-11-4-2-1-3-5-11)8-15-16(13)10-6-7-17-9-10/h8,10-11H,1-7,9H2. The summed E-state index contributed by atoms with van der Waals surface area (Å²) >= 11 is 3.61. The van der Waals surface area contributed by atoms with E-state index in [1.165, 1.54) is 32.1 Å². The smallest absolute Gasteiger partial charge is 0.172 e. The summed E-state index contributed by atoms with van der Waals surface area (Å²) in [7, 11) is 0. The molecule has 1 aliphatic heterocycles. The number of aromatic nitrogens is 2. The molecule has 1 unspecified atom stereocenters. The zero-order valence-corrected chi connectivity index (χ0v) is 12.1. The first-order valence-electron chi connectivity index (χ1n) is 6.82. The molecule has 1 aliphatic carbocycles. The molecule has 1 saturated heterocycles. The van der Waals surface area contributed by atoms with Crippen LogP contribution in [-0.4, -0.2) is 29.1 Å². The van der Waals surface area contributed by atoms with Crippen LogP contribution >= 0.6 is 15.9 Å². The van der Waals surface area contributed by atoms with Crippen molar-refractivity contribution in [3.63, 3.8) is 0 Å². The van der Waals surface area contributed by atoms with Gasteiger partial charge in [0.1, 0.15) is 4.60 Å². The van der Waals surface area contributed by atoms with E-state index in [4.69, 9.17) is 9.47 Å². The van der Waals surface area contributed by atoms with Gasteiger partial charge in [-0.05, 0) is 48.0 Å². The maximum Gasteiger partial charge on any atom is 0.172 e. The Kier molecular flexibility index (Phi) is 3.89. The van der Waals surface area contributed by atoms with Crippen molar-refractivity contribution in [2.24, 2.45) is 0 Å². The molecule has 0 radical (unpaired) electrons. The topological polar surface area (TPSA) is 36.3 Å². The molecule has 3 rings (SSSR count). The van der Waals surface area contributed by atoms with Crippen LogP contribution in [0, 0.1) is 0 Å². The van der Waals surface area contributed by atoms with Crippen LogP contribution in [0.25, 0.3) is 0 Å². The summed E-state index contributed by atoms with van der Waals surface area (Å²) < 4.78 is 14.4. The van der Waals surface area contributed by atoms with Crippen LogP contribution in [0.15, 0.2) is 10.8 Å². The SMILES string of the molecule is Brc1c(OC2CCCCC2)cnn1C1CCOC1. The first-order valence-corrected chi connectivity index (χ1v) is 7.61. The normalized spacial score (nSPS) is 25.5. The average molecular weight is 315 g/mol. The third-order valence-electron chi connectivity index (χ3n) is 3.80. The van der Waals surface area contributed by atoms with E-state index in [2.05, 4.69) is 21.0 Å². The first-order chi connectivity index (χ1) is 8.84. The number of nitrogens with zero attached hydrogens (tertiary/aromatic N) is 2. The van der Waals surface area contributed by atoms with Gasteiger partial charge in [-0.25, -0.2) is 4.68 Å². The van der Waals surface area contributed by atoms with Crippen LogP contribution in [0.5, 0.6) is 5.75 Å². The van der Waals surface area contributed by atoms with Crippen LogP contribution in [-0.2, 0) is 4.74 Å². The maximum absolute atomic E-state index is 6.06. The zero-order chi connectivity index (χ0) is 12.4. The quantitative estimate of drug-likeness (QED) is 0.858. The van der Waals surface area contributed by atoms with Crippen LogP contribution in [0.4, 0.5) is 0 Å². The van der Waals surface area contributed by atoms with Crippen LogP contribution in [0.3, 0.4) is 0 Å². The van der Waals surface area contributed by atoms with Crippen LogP contribution in [0.1, 0.15) is 44.6 Å². The predicted molar refractivity (Wildman–Crippen MR) is 71.9 cm³/mol. The second-order valence-corrected chi connectivity index (χ2v) is 5.89. The van der Waals surface area contributed by atoms with Gasteiger partial charge in [0.15, 0.2) is 5.75 Å². The third-order valence-corrected chi connectivity index (χ3v) is 4.56. The van der Waals surface area contributed by atoms with E-state index in [0.717, 1.165) is 30.0 Å². The van der Waals surface area contributed by atoms with Gasteiger partial charge in [-0.2, -0.15) is 5.10 Å². The molecule has 0 bridgehead atoms. The summed E-state index contributed by atoms with van der Waals surface area (Å²) in [5.74, 6) is 0.883. The summed E-state index contributed by atoms with van der Waals surface area (Å²) in [4.78, 5) is 0. The van der Waals surface area contributed by atoms with Gasteiger partial charge >= 0.3 is 0 Å². The lowest BCUT2D eigenvalue weighted by Gasteiger charge is -2.22. The van der Waals surface area contributed by atoms with Crippen LogP contribution in [0.2, 0.25) is 0 Å². The summed E-state index contributed by atoms with van der Waals surface area (Å²) in [6, 6.07) is 0.350. The van der Waals surface area contributed by atoms with E-state index >= 15 is 0 Å². The maximum atomic E-state index is 6.06. The van der Waals surface area contributed by atoms with E-state index in [1.54, 1.807) is 0 Å². The van der Waals surface area contributed by atoms with E-state index in [0.29, 0.717) is 12.1 Å². The van der Waals surface area contributed by atoms with E-state index in [1.807, 2.05) is 10.9 Å². The Morgan fingerprint density at radius 3 is 2.83 bits per heavy atom. The van der Waals surface area contributed by atoms with Gasteiger partial charge in [0.05, 0.1) is 24.9 Å². The Labute approximate surface area is 116 Å². The highest BCUT2D eigenvalue weighted by Crippen LogP contribution is 2.32. The van der Waals surface area contributed by atoms with E-state index in [9.17, 15) is 0 Å². The van der Waals surface area contributed by atoms with Crippen molar-refractivity contribution >= 4 is 15.9 Å². The lowest BCUT2D eigenvalue weighted by molar-refractivity contribution is 0.153. The lowest BCUT2D eigenvalue weighted by Crippen LogP contribution is -2.19. The minimum Gasteiger partial charge on any atom is -0.486 e. The van der Waals surface area contributed by atoms with Crippen molar-refractivity contribution in [3.8, 4) is 5.75 Å². The molecule has 1 atom stereocenters. The third kappa shape index (κ3) is 2.57. The van der Waals surface area contributed by atoms with Crippen molar-refractivity contribution in [1.29, 1.82) is 0 Å². The van der Waals surface area contributed by atoms with Crippen molar-refractivity contribution in [2.45, 2.75) is 50.7 Å². The summed E-state index contributed by atoms with van der Waals surface area (Å²) in [6.07, 6.45) is 9.49. The molecule has 5 heteroatoms. The van der Waals surface area contributed by atoms with Gasteiger partial charge in [0.2, 0.25) is 0 Å². The zero-order valence-electron chi connectivity index (χ0n) is 10.5. The number of halogens is 1. The average Bonchev–Trinajstić information content (AvgIpc) is 3.02. The molecule has 2 aliphatic rings.